The molecular formula is C16H27NO7. The molecule has 0 aromatic heterocycles. The Morgan fingerprint density at radius 2 is 1.54 bits per heavy atom. The van der Waals surface area contributed by atoms with E-state index in [0.717, 1.165) is 14.2 Å². The number of aliphatic hydroxyl groups is 1. The molecule has 0 amide bonds. The zero-order valence-corrected chi connectivity index (χ0v) is 15.1. The largest absolute Gasteiger partial charge is 0.466 e. The first-order chi connectivity index (χ1) is 10.9. The van der Waals surface area contributed by atoms with Gasteiger partial charge in [-0.2, -0.15) is 0 Å². The summed E-state index contributed by atoms with van der Waals surface area (Å²) in [5.41, 5.74) is -3.30. The molecule has 8 nitrogen and oxygen atoms in total. The number of hydrogen-bond acceptors (Lipinski definition) is 8. The summed E-state index contributed by atoms with van der Waals surface area (Å²) in [4.78, 5) is 35.0. The SMILES string of the molecule is COC(=O)C(O)(CC[C@H](C)CC(=N)C(=O)OC(C)(C)C)C(=O)OC. The second kappa shape index (κ2) is 8.77. The van der Waals surface area contributed by atoms with Crippen LogP contribution in [0.1, 0.15) is 47.0 Å². The summed E-state index contributed by atoms with van der Waals surface area (Å²) in [6, 6.07) is 0. The van der Waals surface area contributed by atoms with Crippen LogP contribution in [0.25, 0.3) is 0 Å². The molecule has 0 aromatic carbocycles. The summed E-state index contributed by atoms with van der Waals surface area (Å²) in [5.74, 6) is -3.18. The maximum atomic E-state index is 11.8. The van der Waals surface area contributed by atoms with E-state index >= 15 is 0 Å². The topological polar surface area (TPSA) is 123 Å². The lowest BCUT2D eigenvalue weighted by Crippen LogP contribution is -2.48. The Morgan fingerprint density at radius 1 is 1.08 bits per heavy atom. The van der Waals surface area contributed by atoms with Crippen LogP contribution in [0.4, 0.5) is 0 Å². The third kappa shape index (κ3) is 6.66. The van der Waals surface area contributed by atoms with Gasteiger partial charge in [-0.25, -0.2) is 14.4 Å². The van der Waals surface area contributed by atoms with E-state index in [2.05, 4.69) is 9.47 Å². The lowest BCUT2D eigenvalue weighted by atomic mass is 9.90. The van der Waals surface area contributed by atoms with Crippen LogP contribution in [-0.2, 0) is 28.6 Å². The molecule has 0 saturated heterocycles. The van der Waals surface area contributed by atoms with Gasteiger partial charge in [-0.05, 0) is 46.0 Å². The highest BCUT2D eigenvalue weighted by atomic mass is 16.6. The minimum atomic E-state index is -2.40. The van der Waals surface area contributed by atoms with Crippen LogP contribution < -0.4 is 0 Å². The van der Waals surface area contributed by atoms with Crippen LogP contribution >= 0.6 is 0 Å². The van der Waals surface area contributed by atoms with Crippen molar-refractivity contribution in [2.24, 2.45) is 5.92 Å². The molecule has 0 spiro atoms. The lowest BCUT2D eigenvalue weighted by molar-refractivity contribution is -0.181. The number of rotatable bonds is 8. The van der Waals surface area contributed by atoms with Crippen molar-refractivity contribution in [3.63, 3.8) is 0 Å². The summed E-state index contributed by atoms with van der Waals surface area (Å²) in [5, 5.41) is 18.0. The molecule has 0 aliphatic rings. The van der Waals surface area contributed by atoms with Crippen LogP contribution in [0.5, 0.6) is 0 Å². The number of ether oxygens (including phenoxy) is 3. The molecule has 0 unspecified atom stereocenters. The first kappa shape index (κ1) is 22.0. The van der Waals surface area contributed by atoms with Gasteiger partial charge in [0.05, 0.1) is 14.2 Å². The molecule has 1 atom stereocenters. The highest BCUT2D eigenvalue weighted by Gasteiger charge is 2.46. The summed E-state index contributed by atoms with van der Waals surface area (Å²) < 4.78 is 14.0. The third-order valence-corrected chi connectivity index (χ3v) is 3.24. The molecule has 138 valence electrons. The van der Waals surface area contributed by atoms with Crippen molar-refractivity contribution >= 4 is 23.6 Å². The molecule has 0 bridgehead atoms. The number of carbonyl (C=O) groups is 3. The average molecular weight is 345 g/mol. The fourth-order valence-electron chi connectivity index (χ4n) is 1.95. The van der Waals surface area contributed by atoms with Gasteiger partial charge >= 0.3 is 17.9 Å². The van der Waals surface area contributed by atoms with E-state index in [-0.39, 0.29) is 30.9 Å². The Kier molecular flexibility index (Phi) is 8.05. The molecule has 24 heavy (non-hydrogen) atoms. The van der Waals surface area contributed by atoms with E-state index in [1.54, 1.807) is 27.7 Å². The second-order valence-corrected chi connectivity index (χ2v) is 6.67. The number of carbonyl (C=O) groups excluding carboxylic acids is 3. The number of methoxy groups -OCH3 is 2. The predicted octanol–water partition coefficient (Wildman–Crippen LogP) is 1.23. The maximum Gasteiger partial charge on any atom is 0.352 e. The van der Waals surface area contributed by atoms with Gasteiger partial charge in [-0.15, -0.1) is 0 Å². The molecule has 0 fully saturated rings. The monoisotopic (exact) mass is 345 g/mol. The van der Waals surface area contributed by atoms with Gasteiger partial charge in [-0.3, -0.25) is 5.41 Å². The molecule has 0 saturated carbocycles. The highest BCUT2D eigenvalue weighted by molar-refractivity contribution is 6.35. The maximum absolute atomic E-state index is 11.8. The van der Waals surface area contributed by atoms with Crippen molar-refractivity contribution in [2.45, 2.75) is 58.2 Å². The molecule has 8 heteroatoms. The highest BCUT2D eigenvalue weighted by Crippen LogP contribution is 2.22. The minimum absolute atomic E-state index is 0.0906. The Balaban J connectivity index is 4.73. The fourth-order valence-corrected chi connectivity index (χ4v) is 1.95. The molecule has 0 radical (unpaired) electrons. The Morgan fingerprint density at radius 3 is 1.92 bits per heavy atom. The second-order valence-electron chi connectivity index (χ2n) is 6.67. The molecule has 0 rings (SSSR count). The molecule has 0 aromatic rings. The van der Waals surface area contributed by atoms with Crippen molar-refractivity contribution in [3.05, 3.63) is 0 Å². The van der Waals surface area contributed by atoms with E-state index in [1.807, 2.05) is 0 Å². The number of nitrogens with one attached hydrogen (secondary N) is 1. The lowest BCUT2D eigenvalue weighted by Gasteiger charge is -2.24. The van der Waals surface area contributed by atoms with Gasteiger partial charge in [0.2, 0.25) is 0 Å². The van der Waals surface area contributed by atoms with E-state index in [9.17, 15) is 19.5 Å². The van der Waals surface area contributed by atoms with Gasteiger partial charge in [-0.1, -0.05) is 6.92 Å². The zero-order valence-electron chi connectivity index (χ0n) is 15.1. The van der Waals surface area contributed by atoms with E-state index in [1.165, 1.54) is 0 Å². The van der Waals surface area contributed by atoms with Crippen LogP contribution in [0.2, 0.25) is 0 Å². The van der Waals surface area contributed by atoms with Crippen LogP contribution in [0, 0.1) is 11.3 Å². The number of esters is 3. The molecule has 0 aliphatic carbocycles. The molecule has 0 aliphatic heterocycles. The predicted molar refractivity (Wildman–Crippen MR) is 85.6 cm³/mol. The van der Waals surface area contributed by atoms with Gasteiger partial charge < -0.3 is 19.3 Å². The van der Waals surface area contributed by atoms with E-state index < -0.39 is 29.1 Å². The molecular weight excluding hydrogens is 318 g/mol. The first-order valence-electron chi connectivity index (χ1n) is 7.57. The van der Waals surface area contributed by atoms with Crippen molar-refractivity contribution in [1.29, 1.82) is 5.41 Å². The molecule has 0 heterocycles. The normalized spacial score (nSPS) is 13.0. The van der Waals surface area contributed by atoms with Gasteiger partial charge in [0.1, 0.15) is 11.3 Å². The van der Waals surface area contributed by atoms with Crippen LogP contribution in [0.15, 0.2) is 0 Å². The average Bonchev–Trinajstić information content (AvgIpc) is 2.48. The standard InChI is InChI=1S/C16H27NO7/c1-10(9-11(17)12(18)24-15(2,3)4)7-8-16(21,13(19)22-5)14(20)23-6/h10,17,21H,7-9H2,1-6H3/t10-/m0/s1. The summed E-state index contributed by atoms with van der Waals surface area (Å²) in [6.07, 6.45) is 0.0499. The Labute approximate surface area is 142 Å². The van der Waals surface area contributed by atoms with Crippen molar-refractivity contribution in [1.82, 2.24) is 0 Å². The van der Waals surface area contributed by atoms with E-state index in [0.29, 0.717) is 0 Å². The Hall–Kier alpha value is -1.96. The molecule has 2 N–H and O–H groups in total. The third-order valence-electron chi connectivity index (χ3n) is 3.24. The van der Waals surface area contributed by atoms with Crippen molar-refractivity contribution in [2.75, 3.05) is 14.2 Å². The van der Waals surface area contributed by atoms with Crippen LogP contribution in [0.3, 0.4) is 0 Å². The quantitative estimate of drug-likeness (QED) is 0.293. The summed E-state index contributed by atoms with van der Waals surface area (Å²) in [6.45, 7) is 6.84. The smallest absolute Gasteiger partial charge is 0.352 e. The van der Waals surface area contributed by atoms with Crippen molar-refractivity contribution < 1.29 is 33.7 Å². The van der Waals surface area contributed by atoms with Gasteiger partial charge in [0.25, 0.3) is 5.60 Å². The zero-order chi connectivity index (χ0) is 19.1. The van der Waals surface area contributed by atoms with Gasteiger partial charge in [0.15, 0.2) is 0 Å². The fraction of sp³-hybridized carbons (Fsp3) is 0.750. The minimum Gasteiger partial charge on any atom is -0.466 e. The summed E-state index contributed by atoms with van der Waals surface area (Å²) in [7, 11) is 2.11. The van der Waals surface area contributed by atoms with Crippen LogP contribution in [-0.4, -0.2) is 54.1 Å². The summed E-state index contributed by atoms with van der Waals surface area (Å²) >= 11 is 0. The van der Waals surface area contributed by atoms with E-state index in [4.69, 9.17) is 10.1 Å². The van der Waals surface area contributed by atoms with Gasteiger partial charge in [0, 0.05) is 0 Å². The van der Waals surface area contributed by atoms with Crippen molar-refractivity contribution in [3.8, 4) is 0 Å². The Bertz CT molecular complexity index is 477. The first-order valence-corrected chi connectivity index (χ1v) is 7.57. The number of hydrogen-bond donors (Lipinski definition) is 2.